The minimum absolute atomic E-state index is 0.0260. The van der Waals surface area contributed by atoms with Gasteiger partial charge in [0, 0.05) is 6.61 Å². The molecular formula is C18H27NO4. The molecule has 1 rings (SSSR count). The number of nitrogens with one attached hydrogen (secondary N) is 1. The van der Waals surface area contributed by atoms with Gasteiger partial charge in [-0.25, -0.2) is 4.79 Å². The van der Waals surface area contributed by atoms with Gasteiger partial charge in [-0.3, -0.25) is 4.79 Å². The second-order valence-electron chi connectivity index (χ2n) is 6.59. The maximum atomic E-state index is 12.5. The Bertz CT molecular complexity index is 508. The number of amides is 1. The molecule has 0 radical (unpaired) electrons. The summed E-state index contributed by atoms with van der Waals surface area (Å²) in [6, 6.07) is 8.65. The quantitative estimate of drug-likeness (QED) is 0.756. The highest BCUT2D eigenvalue weighted by Crippen LogP contribution is 2.21. The van der Waals surface area contributed by atoms with Crippen molar-refractivity contribution in [2.75, 3.05) is 6.61 Å². The molecule has 0 aliphatic heterocycles. The molecule has 0 bridgehead atoms. The lowest BCUT2D eigenvalue weighted by atomic mass is 9.93. The van der Waals surface area contributed by atoms with Crippen LogP contribution >= 0.6 is 0 Å². The zero-order valence-corrected chi connectivity index (χ0v) is 14.3. The van der Waals surface area contributed by atoms with Crippen molar-refractivity contribution >= 4 is 11.9 Å². The molecule has 1 aromatic carbocycles. The third-order valence-corrected chi connectivity index (χ3v) is 3.29. The van der Waals surface area contributed by atoms with E-state index in [-0.39, 0.29) is 12.5 Å². The van der Waals surface area contributed by atoms with E-state index in [1.807, 2.05) is 30.3 Å². The Kier molecular flexibility index (Phi) is 7.23. The molecule has 5 nitrogen and oxygen atoms in total. The van der Waals surface area contributed by atoms with Crippen LogP contribution in [-0.2, 0) is 14.3 Å². The van der Waals surface area contributed by atoms with E-state index in [2.05, 4.69) is 5.32 Å². The van der Waals surface area contributed by atoms with Crippen LogP contribution in [0, 0.1) is 0 Å². The van der Waals surface area contributed by atoms with Crippen LogP contribution in [0.3, 0.4) is 0 Å². The number of carbonyl (C=O) groups is 2. The SMILES string of the molecule is C[C@H](NC(=O)C(CCCO)c1ccccc1)C(=O)OC(C)(C)C. The number of aliphatic hydroxyl groups excluding tert-OH is 1. The fraction of sp³-hybridized carbons (Fsp3) is 0.556. The first-order valence-electron chi connectivity index (χ1n) is 7.93. The fourth-order valence-electron chi connectivity index (χ4n) is 2.19. The largest absolute Gasteiger partial charge is 0.458 e. The van der Waals surface area contributed by atoms with Crippen LogP contribution in [0.4, 0.5) is 0 Å². The first kappa shape index (κ1) is 19.2. The van der Waals surface area contributed by atoms with E-state index in [1.54, 1.807) is 27.7 Å². The summed E-state index contributed by atoms with van der Waals surface area (Å²) >= 11 is 0. The summed E-state index contributed by atoms with van der Waals surface area (Å²) in [7, 11) is 0. The predicted molar refractivity (Wildman–Crippen MR) is 89.0 cm³/mol. The van der Waals surface area contributed by atoms with Gasteiger partial charge in [-0.15, -0.1) is 0 Å². The lowest BCUT2D eigenvalue weighted by Gasteiger charge is -2.24. The standard InChI is InChI=1S/C18H27NO4/c1-13(17(22)23-18(2,3)4)19-16(21)15(11-8-12-20)14-9-6-5-7-10-14/h5-7,9-10,13,15,20H,8,11-12H2,1-4H3,(H,19,21)/t13-,15?/m0/s1. The van der Waals surface area contributed by atoms with Crippen molar-refractivity contribution in [3.63, 3.8) is 0 Å². The van der Waals surface area contributed by atoms with Crippen LogP contribution in [0.25, 0.3) is 0 Å². The van der Waals surface area contributed by atoms with Crippen molar-refractivity contribution in [1.82, 2.24) is 5.32 Å². The molecule has 0 aromatic heterocycles. The summed E-state index contributed by atoms with van der Waals surface area (Å²) in [6.07, 6.45) is 1.04. The third-order valence-electron chi connectivity index (χ3n) is 3.29. The lowest BCUT2D eigenvalue weighted by molar-refractivity contribution is -0.158. The van der Waals surface area contributed by atoms with E-state index in [1.165, 1.54) is 0 Å². The normalized spacial score (nSPS) is 14.0. The van der Waals surface area contributed by atoms with Crippen molar-refractivity contribution in [3.05, 3.63) is 35.9 Å². The van der Waals surface area contributed by atoms with Crippen LogP contribution in [-0.4, -0.2) is 35.2 Å². The van der Waals surface area contributed by atoms with Gasteiger partial charge in [0.05, 0.1) is 5.92 Å². The van der Waals surface area contributed by atoms with Gasteiger partial charge in [-0.2, -0.15) is 0 Å². The van der Waals surface area contributed by atoms with Crippen molar-refractivity contribution in [2.24, 2.45) is 0 Å². The summed E-state index contributed by atoms with van der Waals surface area (Å²) < 4.78 is 5.27. The second kappa shape index (κ2) is 8.67. The molecular weight excluding hydrogens is 294 g/mol. The molecule has 5 heteroatoms. The minimum Gasteiger partial charge on any atom is -0.458 e. The van der Waals surface area contributed by atoms with Crippen LogP contribution in [0.5, 0.6) is 0 Å². The molecule has 1 aromatic rings. The van der Waals surface area contributed by atoms with Crippen molar-refractivity contribution in [1.29, 1.82) is 0 Å². The summed E-state index contributed by atoms with van der Waals surface area (Å²) in [5.41, 5.74) is 0.279. The van der Waals surface area contributed by atoms with E-state index in [9.17, 15) is 9.59 Å². The van der Waals surface area contributed by atoms with E-state index in [0.717, 1.165) is 5.56 Å². The lowest BCUT2D eigenvalue weighted by Crippen LogP contribution is -2.44. The molecule has 1 amide bonds. The summed E-state index contributed by atoms with van der Waals surface area (Å²) in [6.45, 7) is 6.99. The Morgan fingerprint density at radius 2 is 1.83 bits per heavy atom. The molecule has 0 fully saturated rings. The topological polar surface area (TPSA) is 75.6 Å². The Morgan fingerprint density at radius 1 is 1.22 bits per heavy atom. The Labute approximate surface area is 138 Å². The number of esters is 1. The van der Waals surface area contributed by atoms with Gasteiger partial charge in [0.25, 0.3) is 0 Å². The van der Waals surface area contributed by atoms with Crippen molar-refractivity contribution in [2.45, 2.75) is 58.1 Å². The molecule has 0 heterocycles. The highest BCUT2D eigenvalue weighted by molar-refractivity contribution is 5.88. The van der Waals surface area contributed by atoms with Gasteiger partial charge in [0.15, 0.2) is 0 Å². The molecule has 128 valence electrons. The van der Waals surface area contributed by atoms with Crippen LogP contribution in [0.1, 0.15) is 52.0 Å². The molecule has 2 N–H and O–H groups in total. The molecule has 0 saturated carbocycles. The minimum atomic E-state index is -0.720. The zero-order chi connectivity index (χ0) is 17.5. The molecule has 23 heavy (non-hydrogen) atoms. The predicted octanol–water partition coefficient (Wildman–Crippen LogP) is 2.39. The fourth-order valence-corrected chi connectivity index (χ4v) is 2.19. The van der Waals surface area contributed by atoms with Crippen LogP contribution in [0.15, 0.2) is 30.3 Å². The third kappa shape index (κ3) is 6.82. The molecule has 1 unspecified atom stereocenters. The van der Waals surface area contributed by atoms with Crippen molar-refractivity contribution < 1.29 is 19.4 Å². The van der Waals surface area contributed by atoms with Gasteiger partial charge in [-0.1, -0.05) is 30.3 Å². The number of carbonyl (C=O) groups excluding carboxylic acids is 2. The van der Waals surface area contributed by atoms with E-state index in [0.29, 0.717) is 12.8 Å². The number of hydrogen-bond donors (Lipinski definition) is 2. The summed E-state index contributed by atoms with van der Waals surface area (Å²) in [4.78, 5) is 24.5. The number of benzene rings is 1. The van der Waals surface area contributed by atoms with Gasteiger partial charge >= 0.3 is 5.97 Å². The smallest absolute Gasteiger partial charge is 0.328 e. The van der Waals surface area contributed by atoms with Crippen LogP contribution < -0.4 is 5.32 Å². The summed E-state index contributed by atoms with van der Waals surface area (Å²) in [5, 5.41) is 11.8. The first-order chi connectivity index (χ1) is 10.7. The number of aliphatic hydroxyl groups is 1. The zero-order valence-electron chi connectivity index (χ0n) is 14.3. The van der Waals surface area contributed by atoms with E-state index < -0.39 is 23.5 Å². The monoisotopic (exact) mass is 321 g/mol. The average molecular weight is 321 g/mol. The number of ether oxygens (including phenoxy) is 1. The van der Waals surface area contributed by atoms with E-state index in [4.69, 9.17) is 9.84 Å². The Balaban J connectivity index is 2.75. The highest BCUT2D eigenvalue weighted by atomic mass is 16.6. The first-order valence-corrected chi connectivity index (χ1v) is 7.93. The van der Waals surface area contributed by atoms with Gasteiger partial charge in [0.2, 0.25) is 5.91 Å². The highest BCUT2D eigenvalue weighted by Gasteiger charge is 2.26. The molecule has 0 aliphatic carbocycles. The average Bonchev–Trinajstić information content (AvgIpc) is 2.47. The Morgan fingerprint density at radius 3 is 2.35 bits per heavy atom. The van der Waals surface area contributed by atoms with Gasteiger partial charge in [0.1, 0.15) is 11.6 Å². The van der Waals surface area contributed by atoms with Gasteiger partial charge in [-0.05, 0) is 46.1 Å². The Hall–Kier alpha value is -1.88. The number of rotatable bonds is 7. The van der Waals surface area contributed by atoms with Crippen LogP contribution in [0.2, 0.25) is 0 Å². The molecule has 2 atom stereocenters. The maximum absolute atomic E-state index is 12.5. The maximum Gasteiger partial charge on any atom is 0.328 e. The van der Waals surface area contributed by atoms with E-state index >= 15 is 0 Å². The van der Waals surface area contributed by atoms with Gasteiger partial charge < -0.3 is 15.2 Å². The van der Waals surface area contributed by atoms with Crippen molar-refractivity contribution in [3.8, 4) is 0 Å². The number of hydrogen-bond acceptors (Lipinski definition) is 4. The second-order valence-corrected chi connectivity index (χ2v) is 6.59. The molecule has 0 aliphatic rings. The summed E-state index contributed by atoms with van der Waals surface area (Å²) in [5.74, 6) is -1.09. The molecule has 0 spiro atoms. The molecule has 0 saturated heterocycles.